The van der Waals surface area contributed by atoms with Crippen LogP contribution in [-0.2, 0) is 0 Å². The van der Waals surface area contributed by atoms with Crippen molar-refractivity contribution in [2.45, 2.75) is 24.8 Å². The first-order valence-corrected chi connectivity index (χ1v) is 7.35. The topological polar surface area (TPSA) is 41.3 Å². The zero-order valence-corrected chi connectivity index (χ0v) is 12.5. The maximum absolute atomic E-state index is 6.05. The summed E-state index contributed by atoms with van der Waals surface area (Å²) in [6.45, 7) is 2.97. The van der Waals surface area contributed by atoms with Crippen LogP contribution in [0.25, 0.3) is 0 Å². The molecule has 1 aromatic rings. The van der Waals surface area contributed by atoms with Gasteiger partial charge in [-0.3, -0.25) is 0 Å². The van der Waals surface area contributed by atoms with Crippen LogP contribution in [0.15, 0.2) is 28.7 Å². The minimum Gasteiger partial charge on any atom is -0.378 e. The SMILES string of the molecule is CN1CCCC(CN)(Nc2cccc(Br)c2)CC1. The van der Waals surface area contributed by atoms with E-state index in [4.69, 9.17) is 5.73 Å². The van der Waals surface area contributed by atoms with Crippen molar-refractivity contribution in [1.82, 2.24) is 4.90 Å². The van der Waals surface area contributed by atoms with Crippen molar-refractivity contribution < 1.29 is 0 Å². The third kappa shape index (κ3) is 3.46. The van der Waals surface area contributed by atoms with E-state index in [-0.39, 0.29) is 5.54 Å². The summed E-state index contributed by atoms with van der Waals surface area (Å²) in [6.07, 6.45) is 3.45. The van der Waals surface area contributed by atoms with E-state index in [1.54, 1.807) is 0 Å². The lowest BCUT2D eigenvalue weighted by Crippen LogP contribution is -2.46. The second kappa shape index (κ2) is 6.04. The maximum Gasteiger partial charge on any atom is 0.0508 e. The average molecular weight is 312 g/mol. The summed E-state index contributed by atoms with van der Waals surface area (Å²) < 4.78 is 1.10. The fourth-order valence-electron chi connectivity index (χ4n) is 2.58. The van der Waals surface area contributed by atoms with Gasteiger partial charge < -0.3 is 16.0 Å². The number of likely N-dealkylation sites (tertiary alicyclic amines) is 1. The molecule has 3 nitrogen and oxygen atoms in total. The monoisotopic (exact) mass is 311 g/mol. The van der Waals surface area contributed by atoms with E-state index in [2.05, 4.69) is 51.4 Å². The molecule has 1 unspecified atom stereocenters. The van der Waals surface area contributed by atoms with E-state index < -0.39 is 0 Å². The number of benzene rings is 1. The zero-order chi connectivity index (χ0) is 13.0. The van der Waals surface area contributed by atoms with Crippen molar-refractivity contribution in [2.24, 2.45) is 5.73 Å². The smallest absolute Gasteiger partial charge is 0.0508 e. The highest BCUT2D eigenvalue weighted by Crippen LogP contribution is 2.27. The maximum atomic E-state index is 6.05. The van der Waals surface area contributed by atoms with Crippen LogP contribution >= 0.6 is 15.9 Å². The van der Waals surface area contributed by atoms with E-state index in [0.717, 1.165) is 29.5 Å². The van der Waals surface area contributed by atoms with Gasteiger partial charge in [-0.05, 0) is 51.1 Å². The summed E-state index contributed by atoms with van der Waals surface area (Å²) in [5.41, 5.74) is 7.25. The number of hydrogen-bond donors (Lipinski definition) is 2. The number of nitrogens with zero attached hydrogens (tertiary/aromatic N) is 1. The van der Waals surface area contributed by atoms with Crippen LogP contribution in [0, 0.1) is 0 Å². The first-order chi connectivity index (χ1) is 8.63. The predicted molar refractivity (Wildman–Crippen MR) is 80.9 cm³/mol. The number of nitrogens with two attached hydrogens (primary N) is 1. The molecule has 4 heteroatoms. The van der Waals surface area contributed by atoms with E-state index >= 15 is 0 Å². The lowest BCUT2D eigenvalue weighted by atomic mass is 9.90. The fraction of sp³-hybridized carbons (Fsp3) is 0.571. The summed E-state index contributed by atoms with van der Waals surface area (Å²) in [5, 5.41) is 3.66. The second-order valence-corrected chi connectivity index (χ2v) is 6.19. The normalized spacial score (nSPS) is 25.7. The third-order valence-electron chi connectivity index (χ3n) is 3.79. The molecule has 0 radical (unpaired) electrons. The summed E-state index contributed by atoms with van der Waals surface area (Å²) >= 11 is 3.51. The van der Waals surface area contributed by atoms with Crippen LogP contribution in [0.1, 0.15) is 19.3 Å². The van der Waals surface area contributed by atoms with Crippen LogP contribution in [0.4, 0.5) is 5.69 Å². The van der Waals surface area contributed by atoms with E-state index in [0.29, 0.717) is 6.54 Å². The van der Waals surface area contributed by atoms with Gasteiger partial charge >= 0.3 is 0 Å². The van der Waals surface area contributed by atoms with Crippen molar-refractivity contribution >= 4 is 21.6 Å². The number of halogens is 1. The van der Waals surface area contributed by atoms with Crippen LogP contribution in [-0.4, -0.2) is 37.1 Å². The van der Waals surface area contributed by atoms with Crippen molar-refractivity contribution in [3.8, 4) is 0 Å². The van der Waals surface area contributed by atoms with Gasteiger partial charge in [-0.1, -0.05) is 22.0 Å². The van der Waals surface area contributed by atoms with Gasteiger partial charge in [-0.25, -0.2) is 0 Å². The third-order valence-corrected chi connectivity index (χ3v) is 4.29. The molecule has 0 bridgehead atoms. The second-order valence-electron chi connectivity index (χ2n) is 5.28. The highest BCUT2D eigenvalue weighted by Gasteiger charge is 2.30. The Morgan fingerprint density at radius 1 is 1.39 bits per heavy atom. The van der Waals surface area contributed by atoms with Crippen LogP contribution in [0.3, 0.4) is 0 Å². The van der Waals surface area contributed by atoms with E-state index in [9.17, 15) is 0 Å². The van der Waals surface area contributed by atoms with Crippen molar-refractivity contribution in [3.63, 3.8) is 0 Å². The Bertz CT molecular complexity index is 396. The van der Waals surface area contributed by atoms with Crippen LogP contribution in [0.5, 0.6) is 0 Å². The Hall–Kier alpha value is -0.580. The molecule has 2 rings (SSSR count). The molecule has 18 heavy (non-hydrogen) atoms. The largest absolute Gasteiger partial charge is 0.378 e. The summed E-state index contributed by atoms with van der Waals surface area (Å²) in [6, 6.07) is 8.32. The number of anilines is 1. The lowest BCUT2D eigenvalue weighted by Gasteiger charge is -2.34. The minimum atomic E-state index is 0.0472. The average Bonchev–Trinajstić information content (AvgIpc) is 2.53. The fourth-order valence-corrected chi connectivity index (χ4v) is 2.98. The van der Waals surface area contributed by atoms with Gasteiger partial charge in [0.05, 0.1) is 5.54 Å². The predicted octanol–water partition coefficient (Wildman–Crippen LogP) is 2.67. The molecule has 100 valence electrons. The molecule has 1 atom stereocenters. The molecule has 0 aliphatic carbocycles. The molecular formula is C14H22BrN3. The number of rotatable bonds is 3. The Kier molecular flexibility index (Phi) is 4.65. The van der Waals surface area contributed by atoms with Crippen molar-refractivity contribution in [2.75, 3.05) is 32.0 Å². The van der Waals surface area contributed by atoms with Crippen LogP contribution in [0.2, 0.25) is 0 Å². The van der Waals surface area contributed by atoms with Crippen molar-refractivity contribution in [1.29, 1.82) is 0 Å². The van der Waals surface area contributed by atoms with E-state index in [1.165, 1.54) is 13.0 Å². The molecule has 1 aromatic carbocycles. The molecule has 3 N–H and O–H groups in total. The Morgan fingerprint density at radius 3 is 2.94 bits per heavy atom. The highest BCUT2D eigenvalue weighted by atomic mass is 79.9. The molecule has 1 aliphatic heterocycles. The molecule has 1 fully saturated rings. The zero-order valence-electron chi connectivity index (χ0n) is 11.0. The Morgan fingerprint density at radius 2 is 2.22 bits per heavy atom. The summed E-state index contributed by atoms with van der Waals surface area (Å²) in [4.78, 5) is 2.39. The number of hydrogen-bond acceptors (Lipinski definition) is 3. The molecule has 0 spiro atoms. The highest BCUT2D eigenvalue weighted by molar-refractivity contribution is 9.10. The van der Waals surface area contributed by atoms with Gasteiger partial charge in [0.2, 0.25) is 0 Å². The van der Waals surface area contributed by atoms with Gasteiger partial charge in [-0.15, -0.1) is 0 Å². The Balaban J connectivity index is 2.12. The van der Waals surface area contributed by atoms with Crippen molar-refractivity contribution in [3.05, 3.63) is 28.7 Å². The summed E-state index contributed by atoms with van der Waals surface area (Å²) in [5.74, 6) is 0. The van der Waals surface area contributed by atoms with Crippen LogP contribution < -0.4 is 11.1 Å². The van der Waals surface area contributed by atoms with E-state index in [1.807, 2.05) is 6.07 Å². The van der Waals surface area contributed by atoms with Gasteiger partial charge in [0.15, 0.2) is 0 Å². The molecule has 1 heterocycles. The first kappa shape index (κ1) is 13.8. The molecule has 1 saturated heterocycles. The van der Waals surface area contributed by atoms with Gasteiger partial charge in [-0.2, -0.15) is 0 Å². The quantitative estimate of drug-likeness (QED) is 0.901. The summed E-state index contributed by atoms with van der Waals surface area (Å²) in [7, 11) is 2.19. The number of nitrogens with one attached hydrogen (secondary N) is 1. The lowest BCUT2D eigenvalue weighted by molar-refractivity contribution is 0.337. The van der Waals surface area contributed by atoms with Gasteiger partial charge in [0.1, 0.15) is 0 Å². The first-order valence-electron chi connectivity index (χ1n) is 6.56. The molecule has 0 amide bonds. The van der Waals surface area contributed by atoms with Gasteiger partial charge in [0.25, 0.3) is 0 Å². The Labute approximate surface area is 118 Å². The molecule has 0 aromatic heterocycles. The molecule has 0 saturated carbocycles. The van der Waals surface area contributed by atoms with Gasteiger partial charge in [0, 0.05) is 23.2 Å². The standard InChI is InChI=1S/C14H22BrN3/c1-18-8-3-6-14(11-16,7-9-18)17-13-5-2-4-12(15)10-13/h2,4-5,10,17H,3,6-9,11,16H2,1H3. The molecular weight excluding hydrogens is 290 g/mol. The minimum absolute atomic E-state index is 0.0472. The molecule has 1 aliphatic rings.